The van der Waals surface area contributed by atoms with Crippen LogP contribution in [0.5, 0.6) is 0 Å². The van der Waals surface area contributed by atoms with Crippen LogP contribution >= 0.6 is 0 Å². The number of halogens is 1. The molecule has 3 aromatic rings. The first-order chi connectivity index (χ1) is 22.3. The molecule has 0 bridgehead atoms. The number of allylic oxidation sites excluding steroid dienone is 2. The summed E-state index contributed by atoms with van der Waals surface area (Å²) in [6.07, 6.45) is 8.82. The smallest absolute Gasteiger partial charge is 0.163 e. The second-order valence-corrected chi connectivity index (χ2v) is 13.7. The number of aromatic nitrogens is 1. The molecule has 0 aliphatic carbocycles. The van der Waals surface area contributed by atoms with Gasteiger partial charge in [0.2, 0.25) is 0 Å². The Hall–Kier alpha value is -3.91. The highest BCUT2D eigenvalue weighted by molar-refractivity contribution is 5.98. The molecular weight excluding hydrogens is 583 g/mol. The number of carbonyl (C=O) groups excluding carboxylic acids is 2. The summed E-state index contributed by atoms with van der Waals surface area (Å²) in [5.41, 5.74) is 6.55. The number of nitriles is 1. The third kappa shape index (κ3) is 12.7. The molecule has 2 aromatic carbocycles. The summed E-state index contributed by atoms with van der Waals surface area (Å²) in [7, 11) is 0. The molecule has 0 N–H and O–H groups in total. The van der Waals surface area contributed by atoms with E-state index in [1.807, 2.05) is 52.0 Å². The van der Waals surface area contributed by atoms with E-state index in [0.29, 0.717) is 49.1 Å². The predicted octanol–water partition coefficient (Wildman–Crippen LogP) is 11.2. The van der Waals surface area contributed by atoms with Gasteiger partial charge in [-0.05, 0) is 109 Å². The summed E-state index contributed by atoms with van der Waals surface area (Å²) in [5, 5.41) is 10.1. The first kappa shape index (κ1) is 39.3. The SMILES string of the molecule is CC.CCC(C)/C=C(\C)c1cc(CCCc2cccc(F)c2)c(C(=O)CCc2cccnc2CC(C)C(=O)CC(C)(C)C)cc1C#N.[HH].[HH]. The minimum Gasteiger partial charge on any atom is -0.299 e. The third-order valence-electron chi connectivity index (χ3n) is 8.43. The molecule has 2 atom stereocenters. The summed E-state index contributed by atoms with van der Waals surface area (Å²) < 4.78 is 13.8. The summed E-state index contributed by atoms with van der Waals surface area (Å²) >= 11 is 0. The van der Waals surface area contributed by atoms with Gasteiger partial charge in [0.05, 0.1) is 11.6 Å². The first-order valence-electron chi connectivity index (χ1n) is 17.3. The monoisotopic (exact) mass is 642 g/mol. The van der Waals surface area contributed by atoms with Gasteiger partial charge in [0.1, 0.15) is 11.6 Å². The molecule has 0 amide bonds. The Morgan fingerprint density at radius 3 is 2.36 bits per heavy atom. The Labute approximate surface area is 286 Å². The van der Waals surface area contributed by atoms with Crippen molar-refractivity contribution >= 4 is 17.1 Å². The van der Waals surface area contributed by atoms with Crippen LogP contribution in [0.3, 0.4) is 0 Å². The van der Waals surface area contributed by atoms with E-state index in [2.05, 4.69) is 51.7 Å². The maximum Gasteiger partial charge on any atom is 0.163 e. The van der Waals surface area contributed by atoms with E-state index in [0.717, 1.165) is 46.4 Å². The summed E-state index contributed by atoms with van der Waals surface area (Å²) in [4.78, 5) is 31.3. The maximum absolute atomic E-state index is 13.8. The molecule has 4 nitrogen and oxygen atoms in total. The Bertz CT molecular complexity index is 1570. The largest absolute Gasteiger partial charge is 0.299 e. The minimum atomic E-state index is -0.252. The lowest BCUT2D eigenvalue weighted by atomic mass is 9.84. The lowest BCUT2D eigenvalue weighted by Crippen LogP contribution is -2.21. The number of hydrogen-bond acceptors (Lipinski definition) is 4. The summed E-state index contributed by atoms with van der Waals surface area (Å²) in [6.45, 7) is 18.5. The molecule has 0 aliphatic heterocycles. The van der Waals surface area contributed by atoms with E-state index < -0.39 is 0 Å². The molecule has 2 unspecified atom stereocenters. The molecule has 0 fully saturated rings. The van der Waals surface area contributed by atoms with Crippen molar-refractivity contribution in [2.45, 2.75) is 114 Å². The fourth-order valence-corrected chi connectivity index (χ4v) is 5.71. The van der Waals surface area contributed by atoms with Crippen molar-refractivity contribution in [3.63, 3.8) is 0 Å². The highest BCUT2D eigenvalue weighted by Crippen LogP contribution is 2.28. The highest BCUT2D eigenvalue weighted by Gasteiger charge is 2.23. The molecule has 256 valence electrons. The van der Waals surface area contributed by atoms with E-state index in [9.17, 15) is 19.2 Å². The zero-order valence-electron chi connectivity index (χ0n) is 30.2. The van der Waals surface area contributed by atoms with Crippen LogP contribution in [0, 0.1) is 34.4 Å². The van der Waals surface area contributed by atoms with Gasteiger partial charge in [0, 0.05) is 39.1 Å². The van der Waals surface area contributed by atoms with Crippen LogP contribution < -0.4 is 0 Å². The van der Waals surface area contributed by atoms with Crippen LogP contribution in [0.15, 0.2) is 60.8 Å². The van der Waals surface area contributed by atoms with Crippen LogP contribution in [0.4, 0.5) is 4.39 Å². The molecule has 0 aliphatic rings. The van der Waals surface area contributed by atoms with Gasteiger partial charge >= 0.3 is 0 Å². The van der Waals surface area contributed by atoms with Gasteiger partial charge in [-0.25, -0.2) is 4.39 Å². The number of benzene rings is 2. The van der Waals surface area contributed by atoms with Gasteiger partial charge in [0.25, 0.3) is 0 Å². The van der Waals surface area contributed by atoms with Gasteiger partial charge in [-0.15, -0.1) is 0 Å². The normalized spacial score (nSPS) is 12.8. The molecule has 0 saturated heterocycles. The van der Waals surface area contributed by atoms with Crippen molar-refractivity contribution in [3.05, 3.63) is 106 Å². The van der Waals surface area contributed by atoms with Crippen molar-refractivity contribution in [3.8, 4) is 6.07 Å². The van der Waals surface area contributed by atoms with Crippen LogP contribution in [0.1, 0.15) is 135 Å². The highest BCUT2D eigenvalue weighted by atomic mass is 19.1. The van der Waals surface area contributed by atoms with Crippen molar-refractivity contribution < 1.29 is 16.8 Å². The van der Waals surface area contributed by atoms with Crippen molar-refractivity contribution in [1.29, 1.82) is 5.26 Å². The number of rotatable bonds is 15. The van der Waals surface area contributed by atoms with Gasteiger partial charge in [0.15, 0.2) is 5.78 Å². The molecule has 0 spiro atoms. The predicted molar refractivity (Wildman–Crippen MR) is 197 cm³/mol. The Morgan fingerprint density at radius 2 is 1.72 bits per heavy atom. The van der Waals surface area contributed by atoms with E-state index in [4.69, 9.17) is 0 Å². The number of aryl methyl sites for hydroxylation is 3. The summed E-state index contributed by atoms with van der Waals surface area (Å²) in [6, 6.07) is 16.6. The molecule has 0 radical (unpaired) electrons. The maximum atomic E-state index is 13.8. The zero-order chi connectivity index (χ0) is 35.1. The molecule has 1 aromatic heterocycles. The number of hydrogen-bond donors (Lipinski definition) is 0. The summed E-state index contributed by atoms with van der Waals surface area (Å²) in [5.74, 6) is 0.164. The molecule has 1 heterocycles. The Kier molecular flexibility index (Phi) is 15.9. The van der Waals surface area contributed by atoms with Gasteiger partial charge in [-0.2, -0.15) is 5.26 Å². The first-order valence-corrected chi connectivity index (χ1v) is 17.3. The van der Waals surface area contributed by atoms with E-state index in [1.165, 1.54) is 6.07 Å². The quantitative estimate of drug-likeness (QED) is 0.155. The third-order valence-corrected chi connectivity index (χ3v) is 8.43. The van der Waals surface area contributed by atoms with Crippen molar-refractivity contribution in [2.75, 3.05) is 0 Å². The fraction of sp³-hybridized carbons (Fsp3) is 0.476. The lowest BCUT2D eigenvalue weighted by Gasteiger charge is -2.20. The second kappa shape index (κ2) is 19.0. The number of nitrogens with zero attached hydrogens (tertiary/aromatic N) is 2. The minimum absolute atomic E-state index is 0. The van der Waals surface area contributed by atoms with Crippen LogP contribution in [0.25, 0.3) is 5.57 Å². The fourth-order valence-electron chi connectivity index (χ4n) is 5.71. The standard InChI is InChI=1S/C40H49FN2O2.C2H6.2H2/c1-8-27(2)20-28(3)35-23-32(14-9-12-30-13-10-16-34(41)22-30)36(24-33(35)26-42)38(44)18-17-31-15-11-19-43-37(31)21-29(4)39(45)25-40(5,6)7;1-2;;/h10-11,13,15-16,19-20,22-24,27,29H,8-9,12,14,17-18,21,25H2,1-7H3;1-2H3;2*1H/b28-20+;;;. The average Bonchev–Trinajstić information content (AvgIpc) is 3.04. The lowest BCUT2D eigenvalue weighted by molar-refractivity contribution is -0.124. The molecule has 47 heavy (non-hydrogen) atoms. The van der Waals surface area contributed by atoms with Crippen LogP contribution in [-0.4, -0.2) is 16.6 Å². The van der Waals surface area contributed by atoms with E-state index >= 15 is 0 Å². The molecule has 0 saturated carbocycles. The van der Waals surface area contributed by atoms with Crippen molar-refractivity contribution in [2.24, 2.45) is 17.3 Å². The van der Waals surface area contributed by atoms with Gasteiger partial charge in [-0.3, -0.25) is 14.6 Å². The van der Waals surface area contributed by atoms with Crippen molar-refractivity contribution in [1.82, 2.24) is 4.98 Å². The average molecular weight is 643 g/mol. The zero-order valence-corrected chi connectivity index (χ0v) is 30.2. The van der Waals surface area contributed by atoms with Gasteiger partial charge < -0.3 is 0 Å². The van der Waals surface area contributed by atoms with Gasteiger partial charge in [-0.1, -0.05) is 86.1 Å². The van der Waals surface area contributed by atoms with E-state index in [-0.39, 0.29) is 38.0 Å². The number of pyridine rings is 1. The van der Waals surface area contributed by atoms with Crippen LogP contribution in [0.2, 0.25) is 0 Å². The van der Waals surface area contributed by atoms with Crippen LogP contribution in [-0.2, 0) is 30.5 Å². The van der Waals surface area contributed by atoms with E-state index in [1.54, 1.807) is 24.4 Å². The second-order valence-electron chi connectivity index (χ2n) is 13.7. The molecule has 5 heteroatoms. The Balaban J connectivity index is 0.00000565. The number of Topliss-reactive ketones (excluding diaryl/α,β-unsaturated/α-hetero) is 2. The molecular formula is C42H59FN2O2. The molecule has 3 rings (SSSR count). The number of ketones is 2. The topological polar surface area (TPSA) is 70.8 Å². The Morgan fingerprint density at radius 1 is 1.00 bits per heavy atom. The number of carbonyl (C=O) groups is 2.